The van der Waals surface area contributed by atoms with Gasteiger partial charge in [-0.3, -0.25) is 14.4 Å². The van der Waals surface area contributed by atoms with Crippen molar-refractivity contribution in [3.05, 3.63) is 124 Å². The van der Waals surface area contributed by atoms with Gasteiger partial charge in [-0.05, 0) is 66.7 Å². The van der Waals surface area contributed by atoms with E-state index in [-0.39, 0.29) is 17.4 Å². The van der Waals surface area contributed by atoms with Crippen molar-refractivity contribution in [1.82, 2.24) is 5.32 Å². The second kappa shape index (κ2) is 14.4. The number of ether oxygens (including phenoxy) is 1. The van der Waals surface area contributed by atoms with Gasteiger partial charge in [-0.25, -0.2) is 0 Å². The van der Waals surface area contributed by atoms with Gasteiger partial charge in [0.05, 0.1) is 12.9 Å². The SMILES string of the molecule is COc1ccccc1/C=C(\NC(=O)c1ccccc1)C(=O)Nc1ccc(SCC(=O)Nc2cc(Cl)cc(Cl)c2)cc1. The summed E-state index contributed by atoms with van der Waals surface area (Å²) in [7, 11) is 1.53. The smallest absolute Gasteiger partial charge is 0.272 e. The largest absolute Gasteiger partial charge is 0.496 e. The van der Waals surface area contributed by atoms with E-state index in [0.29, 0.717) is 38.3 Å². The molecule has 10 heteroatoms. The fraction of sp³-hybridized carbons (Fsp3) is 0.0645. The van der Waals surface area contributed by atoms with Gasteiger partial charge in [-0.15, -0.1) is 11.8 Å². The molecule has 208 valence electrons. The molecule has 4 rings (SSSR count). The number of carbonyl (C=O) groups excluding carboxylic acids is 3. The van der Waals surface area contributed by atoms with Crippen LogP contribution in [-0.4, -0.2) is 30.6 Å². The Morgan fingerprint density at radius 1 is 0.805 bits per heavy atom. The summed E-state index contributed by atoms with van der Waals surface area (Å²) in [6.07, 6.45) is 1.56. The summed E-state index contributed by atoms with van der Waals surface area (Å²) in [6.45, 7) is 0. The van der Waals surface area contributed by atoms with Crippen LogP contribution in [0.5, 0.6) is 5.75 Å². The van der Waals surface area contributed by atoms with Crippen molar-refractivity contribution in [1.29, 1.82) is 0 Å². The summed E-state index contributed by atoms with van der Waals surface area (Å²) < 4.78 is 5.40. The van der Waals surface area contributed by atoms with Crippen molar-refractivity contribution in [2.45, 2.75) is 4.90 Å². The van der Waals surface area contributed by atoms with E-state index >= 15 is 0 Å². The number of amides is 3. The molecular weight excluding hydrogens is 581 g/mol. The van der Waals surface area contributed by atoms with E-state index in [2.05, 4.69) is 16.0 Å². The minimum absolute atomic E-state index is 0.0413. The number of anilines is 2. The van der Waals surface area contributed by atoms with Gasteiger partial charge in [0.15, 0.2) is 0 Å². The molecule has 0 atom stereocenters. The number of nitrogens with one attached hydrogen (secondary N) is 3. The van der Waals surface area contributed by atoms with E-state index in [1.165, 1.54) is 18.9 Å². The van der Waals surface area contributed by atoms with Gasteiger partial charge < -0.3 is 20.7 Å². The zero-order valence-electron chi connectivity index (χ0n) is 21.8. The lowest BCUT2D eigenvalue weighted by atomic mass is 10.1. The Hall–Kier alpha value is -4.24. The van der Waals surface area contributed by atoms with Crippen LogP contribution in [0.1, 0.15) is 15.9 Å². The fourth-order valence-corrected chi connectivity index (χ4v) is 4.91. The molecule has 0 spiro atoms. The molecule has 0 bridgehead atoms. The fourth-order valence-electron chi connectivity index (χ4n) is 3.69. The lowest BCUT2D eigenvalue weighted by molar-refractivity contribution is -0.114. The number of para-hydroxylation sites is 1. The molecule has 4 aromatic rings. The maximum atomic E-state index is 13.3. The van der Waals surface area contributed by atoms with Gasteiger partial charge >= 0.3 is 0 Å². The first-order valence-electron chi connectivity index (χ1n) is 12.3. The van der Waals surface area contributed by atoms with Crippen molar-refractivity contribution in [3.63, 3.8) is 0 Å². The number of thioether (sulfide) groups is 1. The average molecular weight is 607 g/mol. The Labute approximate surface area is 251 Å². The third-order valence-corrected chi connectivity index (χ3v) is 7.04. The van der Waals surface area contributed by atoms with Crippen LogP contribution >= 0.6 is 35.0 Å². The van der Waals surface area contributed by atoms with Crippen LogP contribution in [0.3, 0.4) is 0 Å². The highest BCUT2D eigenvalue weighted by molar-refractivity contribution is 8.00. The van der Waals surface area contributed by atoms with Gasteiger partial charge in [-0.2, -0.15) is 0 Å². The van der Waals surface area contributed by atoms with Gasteiger partial charge in [0.1, 0.15) is 11.4 Å². The predicted molar refractivity (Wildman–Crippen MR) is 166 cm³/mol. The van der Waals surface area contributed by atoms with Crippen molar-refractivity contribution in [2.75, 3.05) is 23.5 Å². The van der Waals surface area contributed by atoms with E-state index in [1.807, 2.05) is 12.1 Å². The molecule has 4 aromatic carbocycles. The number of halogens is 2. The summed E-state index contributed by atoms with van der Waals surface area (Å²) >= 11 is 13.3. The van der Waals surface area contributed by atoms with E-state index in [4.69, 9.17) is 27.9 Å². The van der Waals surface area contributed by atoms with E-state index < -0.39 is 11.8 Å². The van der Waals surface area contributed by atoms with Crippen molar-refractivity contribution in [3.8, 4) is 5.75 Å². The van der Waals surface area contributed by atoms with Crippen LogP contribution in [0.4, 0.5) is 11.4 Å². The topological polar surface area (TPSA) is 96.5 Å². The van der Waals surface area contributed by atoms with Crippen LogP contribution in [0, 0.1) is 0 Å². The van der Waals surface area contributed by atoms with E-state index in [0.717, 1.165) is 4.90 Å². The molecule has 0 aliphatic heterocycles. The molecule has 3 N–H and O–H groups in total. The van der Waals surface area contributed by atoms with Crippen LogP contribution in [0.2, 0.25) is 10.0 Å². The highest BCUT2D eigenvalue weighted by Gasteiger charge is 2.16. The third kappa shape index (κ3) is 8.88. The van der Waals surface area contributed by atoms with Gasteiger partial charge in [0.25, 0.3) is 11.8 Å². The minimum Gasteiger partial charge on any atom is -0.496 e. The predicted octanol–water partition coefficient (Wildman–Crippen LogP) is 7.14. The summed E-state index contributed by atoms with van der Waals surface area (Å²) in [5.41, 5.74) is 2.10. The summed E-state index contributed by atoms with van der Waals surface area (Å²) in [5, 5.41) is 9.15. The number of carbonyl (C=O) groups is 3. The number of hydrogen-bond donors (Lipinski definition) is 3. The molecule has 0 heterocycles. The first-order valence-corrected chi connectivity index (χ1v) is 14.1. The first kappa shape index (κ1) is 29.7. The normalized spacial score (nSPS) is 11.0. The lowest BCUT2D eigenvalue weighted by Gasteiger charge is -2.13. The van der Waals surface area contributed by atoms with Crippen molar-refractivity contribution in [2.24, 2.45) is 0 Å². The Kier molecular flexibility index (Phi) is 10.5. The maximum absolute atomic E-state index is 13.3. The number of rotatable bonds is 10. The lowest BCUT2D eigenvalue weighted by Crippen LogP contribution is -2.30. The second-order valence-corrected chi connectivity index (χ2v) is 10.5. The molecular formula is C31H25Cl2N3O4S. The molecule has 0 aliphatic rings. The Morgan fingerprint density at radius 2 is 1.46 bits per heavy atom. The Balaban J connectivity index is 1.42. The second-order valence-electron chi connectivity index (χ2n) is 8.59. The molecule has 0 fully saturated rings. The molecule has 0 saturated heterocycles. The number of hydrogen-bond acceptors (Lipinski definition) is 5. The molecule has 0 radical (unpaired) electrons. The van der Waals surface area contributed by atoms with Crippen LogP contribution in [0.25, 0.3) is 6.08 Å². The third-order valence-electron chi connectivity index (χ3n) is 5.60. The monoisotopic (exact) mass is 605 g/mol. The molecule has 0 unspecified atom stereocenters. The molecule has 0 aromatic heterocycles. The highest BCUT2D eigenvalue weighted by atomic mass is 35.5. The van der Waals surface area contributed by atoms with Gasteiger partial charge in [0.2, 0.25) is 5.91 Å². The molecule has 0 saturated carbocycles. The van der Waals surface area contributed by atoms with Crippen LogP contribution in [-0.2, 0) is 9.59 Å². The van der Waals surface area contributed by atoms with E-state index in [1.54, 1.807) is 91.0 Å². The first-order chi connectivity index (χ1) is 19.8. The maximum Gasteiger partial charge on any atom is 0.272 e. The van der Waals surface area contributed by atoms with Gasteiger partial charge in [-0.1, -0.05) is 59.6 Å². The van der Waals surface area contributed by atoms with Crippen molar-refractivity contribution >= 4 is 70.1 Å². The van der Waals surface area contributed by atoms with Crippen molar-refractivity contribution < 1.29 is 19.1 Å². The zero-order chi connectivity index (χ0) is 29.2. The summed E-state index contributed by atoms with van der Waals surface area (Å²) in [4.78, 5) is 39.3. The highest BCUT2D eigenvalue weighted by Crippen LogP contribution is 2.25. The average Bonchev–Trinajstić information content (AvgIpc) is 2.96. The number of methoxy groups -OCH3 is 1. The summed E-state index contributed by atoms with van der Waals surface area (Å²) in [6, 6.07) is 27.6. The molecule has 7 nitrogen and oxygen atoms in total. The molecule has 0 aliphatic carbocycles. The number of benzene rings is 4. The van der Waals surface area contributed by atoms with Crippen LogP contribution < -0.4 is 20.7 Å². The quantitative estimate of drug-likeness (QED) is 0.132. The van der Waals surface area contributed by atoms with E-state index in [9.17, 15) is 14.4 Å². The molecule has 3 amide bonds. The standard InChI is InChI=1S/C31H25Cl2N3O4S/c1-40-28-10-6-5-9-21(28)15-27(36-30(38)20-7-3-2-4-8-20)31(39)35-24-11-13-26(14-12-24)41-19-29(37)34-25-17-22(32)16-23(33)18-25/h2-18H,19H2,1H3,(H,34,37)(H,35,39)(H,36,38)/b27-15-. The zero-order valence-corrected chi connectivity index (χ0v) is 24.1. The summed E-state index contributed by atoms with van der Waals surface area (Å²) in [5.74, 6) is -0.443. The molecule has 41 heavy (non-hydrogen) atoms. The minimum atomic E-state index is -0.514. The van der Waals surface area contributed by atoms with Gasteiger partial charge in [0, 0.05) is 37.4 Å². The Morgan fingerprint density at radius 3 is 2.15 bits per heavy atom. The Bertz CT molecular complexity index is 1560. The van der Waals surface area contributed by atoms with Crippen LogP contribution in [0.15, 0.2) is 108 Å².